The lowest BCUT2D eigenvalue weighted by Gasteiger charge is -2.19. The van der Waals surface area contributed by atoms with Crippen LogP contribution in [0, 0.1) is 0 Å². The Morgan fingerprint density at radius 1 is 1.35 bits per heavy atom. The summed E-state index contributed by atoms with van der Waals surface area (Å²) >= 11 is 12.0. The topological polar surface area (TPSA) is 29.5 Å². The highest BCUT2D eigenvalue weighted by molar-refractivity contribution is 6.35. The van der Waals surface area contributed by atoms with Gasteiger partial charge in [-0.1, -0.05) is 42.6 Å². The first-order valence-corrected chi connectivity index (χ1v) is 6.56. The fraction of sp³-hybridized carbons (Fsp3) is 0.538. The van der Waals surface area contributed by atoms with Gasteiger partial charge in [0.25, 0.3) is 0 Å². The Balaban J connectivity index is 2.71. The molecule has 1 N–H and O–H groups in total. The van der Waals surface area contributed by atoms with Gasteiger partial charge < -0.3 is 9.84 Å². The summed E-state index contributed by atoms with van der Waals surface area (Å²) < 4.78 is 5.44. The summed E-state index contributed by atoms with van der Waals surface area (Å²) in [6, 6.07) is 5.44. The summed E-state index contributed by atoms with van der Waals surface area (Å²) in [5, 5.41) is 10.5. The zero-order valence-corrected chi connectivity index (χ0v) is 11.6. The molecule has 17 heavy (non-hydrogen) atoms. The molecule has 4 heteroatoms. The van der Waals surface area contributed by atoms with E-state index in [4.69, 9.17) is 27.9 Å². The SMILES string of the molecule is CCCC(Cc1ccc(Cl)cc1Cl)OC(C)O. The maximum absolute atomic E-state index is 9.26. The van der Waals surface area contributed by atoms with E-state index in [1.165, 1.54) is 0 Å². The first-order valence-electron chi connectivity index (χ1n) is 5.80. The molecule has 1 aromatic carbocycles. The normalized spacial score (nSPS) is 14.6. The minimum Gasteiger partial charge on any atom is -0.368 e. The summed E-state index contributed by atoms with van der Waals surface area (Å²) in [5.74, 6) is 0. The zero-order chi connectivity index (χ0) is 12.8. The van der Waals surface area contributed by atoms with Crippen molar-refractivity contribution in [1.82, 2.24) is 0 Å². The Morgan fingerprint density at radius 3 is 2.59 bits per heavy atom. The molecule has 0 amide bonds. The van der Waals surface area contributed by atoms with E-state index < -0.39 is 6.29 Å². The van der Waals surface area contributed by atoms with Gasteiger partial charge in [-0.15, -0.1) is 0 Å². The number of rotatable bonds is 6. The molecule has 0 fully saturated rings. The number of hydrogen-bond donors (Lipinski definition) is 1. The third kappa shape index (κ3) is 5.26. The minimum atomic E-state index is -0.752. The van der Waals surface area contributed by atoms with Crippen molar-refractivity contribution in [3.05, 3.63) is 33.8 Å². The van der Waals surface area contributed by atoms with Gasteiger partial charge in [-0.2, -0.15) is 0 Å². The average Bonchev–Trinajstić information content (AvgIpc) is 2.21. The lowest BCUT2D eigenvalue weighted by atomic mass is 10.0. The molecule has 0 aliphatic heterocycles. The predicted molar refractivity (Wildman–Crippen MR) is 71.6 cm³/mol. The van der Waals surface area contributed by atoms with Crippen molar-refractivity contribution in [2.24, 2.45) is 0 Å². The van der Waals surface area contributed by atoms with Gasteiger partial charge in [0.2, 0.25) is 0 Å². The molecule has 0 spiro atoms. The number of halogens is 2. The quantitative estimate of drug-likeness (QED) is 0.794. The van der Waals surface area contributed by atoms with E-state index in [1.54, 1.807) is 13.0 Å². The molecule has 1 rings (SSSR count). The first kappa shape index (κ1) is 14.8. The zero-order valence-electron chi connectivity index (χ0n) is 10.1. The first-order chi connectivity index (χ1) is 8.02. The van der Waals surface area contributed by atoms with Gasteiger partial charge in [-0.25, -0.2) is 0 Å². The van der Waals surface area contributed by atoms with E-state index in [0.717, 1.165) is 18.4 Å². The molecule has 96 valence electrons. The van der Waals surface area contributed by atoms with Crippen molar-refractivity contribution in [2.45, 2.75) is 45.5 Å². The summed E-state index contributed by atoms with van der Waals surface area (Å²) in [7, 11) is 0. The summed E-state index contributed by atoms with van der Waals surface area (Å²) in [4.78, 5) is 0. The van der Waals surface area contributed by atoms with Gasteiger partial charge in [-0.05, 0) is 31.0 Å². The molecule has 1 aromatic rings. The van der Waals surface area contributed by atoms with E-state index in [0.29, 0.717) is 16.5 Å². The fourth-order valence-electron chi connectivity index (χ4n) is 1.75. The second-order valence-corrected chi connectivity index (χ2v) is 4.93. The molecular formula is C13H18Cl2O2. The van der Waals surface area contributed by atoms with Gasteiger partial charge in [0.15, 0.2) is 6.29 Å². The van der Waals surface area contributed by atoms with E-state index in [9.17, 15) is 5.11 Å². The number of aliphatic hydroxyl groups excluding tert-OH is 1. The van der Waals surface area contributed by atoms with Crippen molar-refractivity contribution < 1.29 is 9.84 Å². The largest absolute Gasteiger partial charge is 0.368 e. The third-order valence-corrected chi connectivity index (χ3v) is 3.05. The molecule has 0 aromatic heterocycles. The molecular weight excluding hydrogens is 259 g/mol. The number of aliphatic hydroxyl groups is 1. The van der Waals surface area contributed by atoms with Crippen molar-refractivity contribution in [3.8, 4) is 0 Å². The van der Waals surface area contributed by atoms with Crippen LogP contribution in [-0.2, 0) is 11.2 Å². The van der Waals surface area contributed by atoms with Crippen LogP contribution in [0.3, 0.4) is 0 Å². The Kier molecular flexibility index (Phi) is 6.28. The Morgan fingerprint density at radius 2 is 2.06 bits per heavy atom. The van der Waals surface area contributed by atoms with Crippen LogP contribution in [0.2, 0.25) is 10.0 Å². The van der Waals surface area contributed by atoms with Crippen LogP contribution in [0.25, 0.3) is 0 Å². The van der Waals surface area contributed by atoms with Crippen LogP contribution in [0.5, 0.6) is 0 Å². The monoisotopic (exact) mass is 276 g/mol. The van der Waals surface area contributed by atoms with E-state index in [-0.39, 0.29) is 6.10 Å². The van der Waals surface area contributed by atoms with E-state index in [2.05, 4.69) is 6.92 Å². The van der Waals surface area contributed by atoms with Crippen LogP contribution in [0.1, 0.15) is 32.3 Å². The maximum atomic E-state index is 9.26. The second-order valence-electron chi connectivity index (χ2n) is 4.09. The summed E-state index contributed by atoms with van der Waals surface area (Å²) in [5.41, 5.74) is 0.996. The molecule has 0 saturated carbocycles. The minimum absolute atomic E-state index is 0.0151. The van der Waals surface area contributed by atoms with Crippen LogP contribution in [0.4, 0.5) is 0 Å². The fourth-order valence-corrected chi connectivity index (χ4v) is 2.24. The highest BCUT2D eigenvalue weighted by Gasteiger charge is 2.13. The number of benzene rings is 1. The summed E-state index contributed by atoms with van der Waals surface area (Å²) in [6.07, 6.45) is 1.82. The summed E-state index contributed by atoms with van der Waals surface area (Å²) in [6.45, 7) is 3.70. The van der Waals surface area contributed by atoms with Crippen LogP contribution >= 0.6 is 23.2 Å². The molecule has 2 nitrogen and oxygen atoms in total. The van der Waals surface area contributed by atoms with Crippen molar-refractivity contribution in [3.63, 3.8) is 0 Å². The van der Waals surface area contributed by atoms with Gasteiger partial charge in [0.05, 0.1) is 6.10 Å². The number of hydrogen-bond acceptors (Lipinski definition) is 2. The highest BCUT2D eigenvalue weighted by atomic mass is 35.5. The third-order valence-electron chi connectivity index (χ3n) is 2.46. The van der Waals surface area contributed by atoms with Crippen molar-refractivity contribution in [2.75, 3.05) is 0 Å². The molecule has 0 radical (unpaired) electrons. The van der Waals surface area contributed by atoms with E-state index in [1.807, 2.05) is 12.1 Å². The lowest BCUT2D eigenvalue weighted by Crippen LogP contribution is -2.22. The lowest BCUT2D eigenvalue weighted by molar-refractivity contribution is -0.125. The average molecular weight is 277 g/mol. The van der Waals surface area contributed by atoms with Gasteiger partial charge in [0.1, 0.15) is 0 Å². The molecule has 0 saturated heterocycles. The van der Waals surface area contributed by atoms with Gasteiger partial charge in [-0.3, -0.25) is 0 Å². The Bertz CT molecular complexity index is 353. The van der Waals surface area contributed by atoms with Gasteiger partial charge in [0, 0.05) is 16.5 Å². The molecule has 0 aliphatic carbocycles. The number of ether oxygens (including phenoxy) is 1. The Hall–Kier alpha value is -0.280. The molecule has 0 aliphatic rings. The smallest absolute Gasteiger partial charge is 0.152 e. The second kappa shape index (κ2) is 7.22. The van der Waals surface area contributed by atoms with Crippen LogP contribution in [0.15, 0.2) is 18.2 Å². The molecule has 0 heterocycles. The van der Waals surface area contributed by atoms with Crippen molar-refractivity contribution in [1.29, 1.82) is 0 Å². The predicted octanol–water partition coefficient (Wildman–Crippen LogP) is 4.06. The molecule has 2 unspecified atom stereocenters. The molecule has 0 bridgehead atoms. The standard InChI is InChI=1S/C13H18Cl2O2/c1-3-4-12(17-9(2)16)7-10-5-6-11(14)8-13(10)15/h5-6,8-9,12,16H,3-4,7H2,1-2H3. The van der Waals surface area contributed by atoms with Gasteiger partial charge >= 0.3 is 0 Å². The van der Waals surface area contributed by atoms with Crippen LogP contribution < -0.4 is 0 Å². The Labute approximate surface area is 113 Å². The molecule has 2 atom stereocenters. The van der Waals surface area contributed by atoms with Crippen LogP contribution in [-0.4, -0.2) is 17.5 Å². The maximum Gasteiger partial charge on any atom is 0.152 e. The van der Waals surface area contributed by atoms with Crippen molar-refractivity contribution >= 4 is 23.2 Å². The highest BCUT2D eigenvalue weighted by Crippen LogP contribution is 2.23. The van der Waals surface area contributed by atoms with E-state index >= 15 is 0 Å².